The van der Waals surface area contributed by atoms with Gasteiger partial charge in [-0.1, -0.05) is 40.3 Å². The summed E-state index contributed by atoms with van der Waals surface area (Å²) in [6, 6.07) is 10.3. The molecule has 0 saturated carbocycles. The zero-order valence-electron chi connectivity index (χ0n) is 10.8. The lowest BCUT2D eigenvalue weighted by molar-refractivity contribution is 0.581. The molecule has 21 heavy (non-hydrogen) atoms. The normalized spacial score (nSPS) is 11.3. The second-order valence-electron chi connectivity index (χ2n) is 4.19. The molecule has 8 heteroatoms. The van der Waals surface area contributed by atoms with Crippen LogP contribution in [0.15, 0.2) is 52.0 Å². The molecule has 5 nitrogen and oxygen atoms in total. The average Bonchev–Trinajstić information content (AvgIpc) is 2.47. The van der Waals surface area contributed by atoms with Crippen LogP contribution in [-0.2, 0) is 16.6 Å². The van der Waals surface area contributed by atoms with Gasteiger partial charge >= 0.3 is 0 Å². The van der Waals surface area contributed by atoms with E-state index in [2.05, 4.69) is 25.6 Å². The van der Waals surface area contributed by atoms with E-state index >= 15 is 0 Å². The number of nitrogens with two attached hydrogens (primary N) is 1. The maximum absolute atomic E-state index is 12.1. The monoisotopic (exact) mass is 385 g/mol. The predicted octanol–water partition coefficient (Wildman–Crippen LogP) is 1.96. The second kappa shape index (κ2) is 6.61. The third kappa shape index (κ3) is 4.31. The molecule has 0 aliphatic heterocycles. The van der Waals surface area contributed by atoms with Crippen LogP contribution in [0.1, 0.15) is 11.3 Å². The van der Waals surface area contributed by atoms with E-state index in [4.69, 9.17) is 18.0 Å². The fourth-order valence-electron chi connectivity index (χ4n) is 1.55. The smallest absolute Gasteiger partial charge is 0.242 e. The van der Waals surface area contributed by atoms with Crippen LogP contribution < -0.4 is 10.5 Å². The Bertz CT molecular complexity index is 744. The summed E-state index contributed by atoms with van der Waals surface area (Å²) < 4.78 is 27.7. The number of nitrogens with one attached hydrogen (secondary N) is 1. The number of hydrogen-bond donors (Lipinski definition) is 2. The molecule has 1 aromatic heterocycles. The quantitative estimate of drug-likeness (QED) is 0.768. The molecule has 3 N–H and O–H groups in total. The number of rotatable bonds is 5. The maximum atomic E-state index is 12.1. The topological polar surface area (TPSA) is 85.1 Å². The highest BCUT2D eigenvalue weighted by atomic mass is 79.9. The lowest BCUT2D eigenvalue weighted by Crippen LogP contribution is -2.23. The van der Waals surface area contributed by atoms with Crippen LogP contribution in [-0.4, -0.2) is 18.4 Å². The summed E-state index contributed by atoms with van der Waals surface area (Å²) >= 11 is 8.09. The van der Waals surface area contributed by atoms with Crippen molar-refractivity contribution in [3.63, 3.8) is 0 Å². The first-order valence-corrected chi connectivity index (χ1v) is 8.57. The van der Waals surface area contributed by atoms with Gasteiger partial charge in [-0.2, -0.15) is 0 Å². The van der Waals surface area contributed by atoms with E-state index in [-0.39, 0.29) is 16.4 Å². The molecule has 0 saturated heterocycles. The van der Waals surface area contributed by atoms with Gasteiger partial charge in [0.05, 0.1) is 5.69 Å². The van der Waals surface area contributed by atoms with Crippen molar-refractivity contribution in [3.8, 4) is 0 Å². The summed E-state index contributed by atoms with van der Waals surface area (Å²) in [5, 5.41) is 0. The Balaban J connectivity index is 2.11. The minimum absolute atomic E-state index is 0.0691. The van der Waals surface area contributed by atoms with Gasteiger partial charge in [-0.15, -0.1) is 0 Å². The molecule has 0 bridgehead atoms. The van der Waals surface area contributed by atoms with E-state index in [1.165, 1.54) is 18.3 Å². The van der Waals surface area contributed by atoms with Crippen LogP contribution in [0.4, 0.5) is 0 Å². The summed E-state index contributed by atoms with van der Waals surface area (Å²) in [5.74, 6) is 0. The van der Waals surface area contributed by atoms with E-state index in [0.29, 0.717) is 5.69 Å². The zero-order valence-corrected chi connectivity index (χ0v) is 14.0. The number of nitrogens with zero attached hydrogens (tertiary/aromatic N) is 1. The van der Waals surface area contributed by atoms with Gasteiger partial charge in [0.15, 0.2) is 0 Å². The van der Waals surface area contributed by atoms with E-state index in [0.717, 1.165) is 10.0 Å². The molecule has 1 heterocycles. The van der Waals surface area contributed by atoms with Gasteiger partial charge in [0, 0.05) is 17.2 Å². The largest absolute Gasteiger partial charge is 0.388 e. The molecule has 0 atom stereocenters. The highest BCUT2D eigenvalue weighted by Gasteiger charge is 2.14. The van der Waals surface area contributed by atoms with Crippen molar-refractivity contribution in [1.29, 1.82) is 0 Å². The Kier molecular flexibility index (Phi) is 5.04. The lowest BCUT2D eigenvalue weighted by Gasteiger charge is -2.07. The minimum atomic E-state index is -3.62. The molecule has 0 unspecified atom stereocenters. The van der Waals surface area contributed by atoms with Gasteiger partial charge < -0.3 is 5.73 Å². The molecule has 2 aromatic rings. The highest BCUT2D eigenvalue weighted by Crippen LogP contribution is 2.12. The molecule has 110 valence electrons. The van der Waals surface area contributed by atoms with Crippen molar-refractivity contribution >= 4 is 43.2 Å². The van der Waals surface area contributed by atoms with E-state index < -0.39 is 10.0 Å². The molecule has 0 aliphatic rings. The van der Waals surface area contributed by atoms with E-state index in [1.54, 1.807) is 0 Å². The summed E-state index contributed by atoms with van der Waals surface area (Å²) in [6.45, 7) is 0.201. The average molecular weight is 386 g/mol. The van der Waals surface area contributed by atoms with Crippen molar-refractivity contribution in [2.24, 2.45) is 5.73 Å². The predicted molar refractivity (Wildman–Crippen MR) is 88.3 cm³/mol. The highest BCUT2D eigenvalue weighted by molar-refractivity contribution is 9.10. The minimum Gasteiger partial charge on any atom is -0.388 e. The van der Waals surface area contributed by atoms with Crippen LogP contribution in [0.2, 0.25) is 0 Å². The van der Waals surface area contributed by atoms with E-state index in [9.17, 15) is 8.42 Å². The molecule has 0 amide bonds. The summed E-state index contributed by atoms with van der Waals surface area (Å²) in [6.07, 6.45) is 1.23. The van der Waals surface area contributed by atoms with Crippen LogP contribution in [0.5, 0.6) is 0 Å². The van der Waals surface area contributed by atoms with Gasteiger partial charge in [-0.05, 0) is 29.8 Å². The van der Waals surface area contributed by atoms with Crippen LogP contribution in [0.25, 0.3) is 0 Å². The zero-order chi connectivity index (χ0) is 15.5. The third-order valence-electron chi connectivity index (χ3n) is 2.68. The molecule has 0 spiro atoms. The number of hydrogen-bond acceptors (Lipinski definition) is 4. The molecule has 0 radical (unpaired) electrons. The third-order valence-corrected chi connectivity index (χ3v) is 4.80. The molecule has 1 aromatic carbocycles. The molecule has 0 fully saturated rings. The van der Waals surface area contributed by atoms with Crippen LogP contribution in [0, 0.1) is 0 Å². The number of sulfonamides is 1. The standard InChI is InChI=1S/C13H12BrN3O2S2/c14-10-3-1-9(2-4-10)7-17-21(18,19)11-5-6-12(13(15)20)16-8-11/h1-6,8,17H,7H2,(H2,15,20). The van der Waals surface area contributed by atoms with Crippen molar-refractivity contribution < 1.29 is 8.42 Å². The Morgan fingerprint density at radius 3 is 2.43 bits per heavy atom. The van der Waals surface area contributed by atoms with Gasteiger partial charge in [-0.3, -0.25) is 4.98 Å². The number of aromatic nitrogens is 1. The van der Waals surface area contributed by atoms with Crippen molar-refractivity contribution in [3.05, 3.63) is 58.3 Å². The fraction of sp³-hybridized carbons (Fsp3) is 0.0769. The number of pyridine rings is 1. The van der Waals surface area contributed by atoms with E-state index in [1.807, 2.05) is 24.3 Å². The Labute approximate surface area is 136 Å². The number of benzene rings is 1. The van der Waals surface area contributed by atoms with Gasteiger partial charge in [0.2, 0.25) is 10.0 Å². The fourth-order valence-corrected chi connectivity index (χ4v) is 2.90. The van der Waals surface area contributed by atoms with Gasteiger partial charge in [-0.25, -0.2) is 13.1 Å². The van der Waals surface area contributed by atoms with Gasteiger partial charge in [0.25, 0.3) is 0 Å². The molecule has 2 rings (SSSR count). The molecule has 0 aliphatic carbocycles. The first kappa shape index (κ1) is 16.0. The van der Waals surface area contributed by atoms with Crippen molar-refractivity contribution in [2.45, 2.75) is 11.4 Å². The van der Waals surface area contributed by atoms with Crippen LogP contribution >= 0.6 is 28.1 Å². The summed E-state index contributed by atoms with van der Waals surface area (Å²) in [4.78, 5) is 4.12. The Morgan fingerprint density at radius 2 is 1.90 bits per heavy atom. The Hall–Kier alpha value is -1.35. The summed E-state index contributed by atoms with van der Waals surface area (Å²) in [7, 11) is -3.62. The number of thiocarbonyl (C=S) groups is 1. The van der Waals surface area contributed by atoms with Crippen molar-refractivity contribution in [2.75, 3.05) is 0 Å². The SMILES string of the molecule is NC(=S)c1ccc(S(=O)(=O)NCc2ccc(Br)cc2)cn1. The maximum Gasteiger partial charge on any atom is 0.242 e. The van der Waals surface area contributed by atoms with Crippen LogP contribution in [0.3, 0.4) is 0 Å². The lowest BCUT2D eigenvalue weighted by atomic mass is 10.2. The first-order chi connectivity index (χ1) is 9.88. The molecular weight excluding hydrogens is 374 g/mol. The van der Waals surface area contributed by atoms with Crippen molar-refractivity contribution in [1.82, 2.24) is 9.71 Å². The van der Waals surface area contributed by atoms with Gasteiger partial charge in [0.1, 0.15) is 9.88 Å². The number of halogens is 1. The molecular formula is C13H12BrN3O2S2. The summed E-state index contributed by atoms with van der Waals surface area (Å²) in [5.41, 5.74) is 6.66. The first-order valence-electron chi connectivity index (χ1n) is 5.88. The second-order valence-corrected chi connectivity index (χ2v) is 7.32. The Morgan fingerprint density at radius 1 is 1.24 bits per heavy atom.